The molecule has 6 N–H and O–H groups in total. The van der Waals surface area contributed by atoms with E-state index in [0.717, 1.165) is 16.0 Å². The molecule has 0 spiro atoms. The molecule has 0 aliphatic carbocycles. The third-order valence-corrected chi connectivity index (χ3v) is 6.02. The van der Waals surface area contributed by atoms with Gasteiger partial charge >= 0.3 is 11.9 Å². The minimum atomic E-state index is -1.65. The number of nitrogens with zero attached hydrogens (tertiary/aromatic N) is 2. The molecule has 2 aromatic rings. The molecule has 3 rings (SSSR count). The second-order valence-corrected chi connectivity index (χ2v) is 8.85. The van der Waals surface area contributed by atoms with Crippen molar-refractivity contribution in [3.8, 4) is 0 Å². The standard InChI is InChI=1S/C26H27N5O8/c27-28-13-16-8-6-15(7-9-16)10-18-11-21(33)31(25(18)37)14-20(32)29-19(12-22(34)35)24(36)30-23(26(38)39)17-4-2-1-3-5-17/h1-9,13,18-19,23H,10-12,14,27H2,(H,29,32)(H,30,36)(H,34,35)(H,38,39)/t18?,19-,23-/m0/s1. The molecule has 204 valence electrons. The lowest BCUT2D eigenvalue weighted by atomic mass is 9.97. The number of nitrogens with two attached hydrogens (primary N) is 1. The number of benzene rings is 2. The molecule has 4 amide bonds. The van der Waals surface area contributed by atoms with Gasteiger partial charge in [-0.2, -0.15) is 5.10 Å². The SMILES string of the molecule is NN=Cc1ccc(CC2CC(=O)N(CC(=O)N[C@@H](CC(=O)O)C(=O)N[C@H](C(=O)O)c3ccccc3)C2=O)cc1. The summed E-state index contributed by atoms with van der Waals surface area (Å²) in [5.41, 5.74) is 1.78. The van der Waals surface area contributed by atoms with Gasteiger partial charge < -0.3 is 26.7 Å². The predicted molar refractivity (Wildman–Crippen MR) is 136 cm³/mol. The highest BCUT2D eigenvalue weighted by Gasteiger charge is 2.40. The van der Waals surface area contributed by atoms with Gasteiger partial charge in [-0.05, 0) is 23.1 Å². The number of carboxylic acid groups (broad SMARTS) is 2. The summed E-state index contributed by atoms with van der Waals surface area (Å²) in [5, 5.41) is 26.6. The first kappa shape index (κ1) is 28.5. The number of imide groups is 1. The van der Waals surface area contributed by atoms with Crippen LogP contribution in [-0.2, 0) is 35.2 Å². The van der Waals surface area contributed by atoms with Gasteiger partial charge in [-0.15, -0.1) is 0 Å². The van der Waals surface area contributed by atoms with Gasteiger partial charge in [-0.25, -0.2) is 4.79 Å². The highest BCUT2D eigenvalue weighted by molar-refractivity contribution is 6.06. The quantitative estimate of drug-likeness (QED) is 0.105. The minimum absolute atomic E-state index is 0.117. The highest BCUT2D eigenvalue weighted by Crippen LogP contribution is 2.23. The number of hydrazone groups is 1. The molecule has 39 heavy (non-hydrogen) atoms. The number of carbonyl (C=O) groups excluding carboxylic acids is 4. The van der Waals surface area contributed by atoms with Gasteiger partial charge in [0.15, 0.2) is 6.04 Å². The van der Waals surface area contributed by atoms with E-state index in [-0.39, 0.29) is 18.4 Å². The first-order valence-corrected chi connectivity index (χ1v) is 11.8. The Morgan fingerprint density at radius 2 is 1.69 bits per heavy atom. The van der Waals surface area contributed by atoms with Gasteiger partial charge in [0, 0.05) is 6.42 Å². The van der Waals surface area contributed by atoms with Crippen molar-refractivity contribution in [1.82, 2.24) is 15.5 Å². The van der Waals surface area contributed by atoms with E-state index in [0.29, 0.717) is 0 Å². The second-order valence-electron chi connectivity index (χ2n) is 8.85. The molecule has 1 aliphatic rings. The van der Waals surface area contributed by atoms with Crippen molar-refractivity contribution in [2.45, 2.75) is 31.3 Å². The van der Waals surface area contributed by atoms with Crippen molar-refractivity contribution >= 4 is 41.8 Å². The van der Waals surface area contributed by atoms with E-state index < -0.39 is 66.5 Å². The number of carbonyl (C=O) groups is 6. The highest BCUT2D eigenvalue weighted by atomic mass is 16.4. The Kier molecular flexibility index (Phi) is 9.46. The number of aliphatic carboxylic acids is 2. The molecular formula is C26H27N5O8. The van der Waals surface area contributed by atoms with Crippen molar-refractivity contribution < 1.29 is 39.0 Å². The summed E-state index contributed by atoms with van der Waals surface area (Å²) >= 11 is 0. The fourth-order valence-electron chi connectivity index (χ4n) is 4.13. The monoisotopic (exact) mass is 537 g/mol. The van der Waals surface area contributed by atoms with Gasteiger partial charge in [0.2, 0.25) is 23.6 Å². The molecule has 2 aromatic carbocycles. The Balaban J connectivity index is 1.64. The maximum atomic E-state index is 12.8. The number of hydrogen-bond acceptors (Lipinski definition) is 8. The van der Waals surface area contributed by atoms with E-state index >= 15 is 0 Å². The Morgan fingerprint density at radius 1 is 1.03 bits per heavy atom. The molecule has 0 radical (unpaired) electrons. The van der Waals surface area contributed by atoms with Crippen LogP contribution in [0.15, 0.2) is 59.7 Å². The lowest BCUT2D eigenvalue weighted by Crippen LogP contribution is -2.52. The second kappa shape index (κ2) is 12.9. The van der Waals surface area contributed by atoms with Crippen LogP contribution in [0.1, 0.15) is 35.6 Å². The Labute approximate surface area is 222 Å². The first-order chi connectivity index (χ1) is 18.6. The predicted octanol–water partition coefficient (Wildman–Crippen LogP) is -0.202. The van der Waals surface area contributed by atoms with Crippen LogP contribution in [0.4, 0.5) is 0 Å². The molecule has 3 atom stereocenters. The molecule has 1 saturated heterocycles. The number of hydrogen-bond donors (Lipinski definition) is 5. The van der Waals surface area contributed by atoms with E-state index in [1.807, 2.05) is 0 Å². The Morgan fingerprint density at radius 3 is 2.28 bits per heavy atom. The Bertz CT molecular complexity index is 1280. The molecule has 1 heterocycles. The molecule has 0 aromatic heterocycles. The van der Waals surface area contributed by atoms with Crippen molar-refractivity contribution in [3.05, 3.63) is 71.3 Å². The lowest BCUT2D eigenvalue weighted by molar-refractivity contribution is -0.146. The summed E-state index contributed by atoms with van der Waals surface area (Å²) in [6.07, 6.45) is 0.737. The lowest BCUT2D eigenvalue weighted by Gasteiger charge is -2.22. The van der Waals surface area contributed by atoms with E-state index in [1.165, 1.54) is 18.3 Å². The maximum absolute atomic E-state index is 12.8. The normalized spacial score (nSPS) is 16.6. The zero-order valence-electron chi connectivity index (χ0n) is 20.6. The smallest absolute Gasteiger partial charge is 0.330 e. The van der Waals surface area contributed by atoms with Crippen molar-refractivity contribution in [3.63, 3.8) is 0 Å². The molecular weight excluding hydrogens is 510 g/mol. The third-order valence-electron chi connectivity index (χ3n) is 6.02. The molecule has 1 aliphatic heterocycles. The molecule has 0 bridgehead atoms. The fourth-order valence-corrected chi connectivity index (χ4v) is 4.13. The van der Waals surface area contributed by atoms with Gasteiger partial charge in [0.25, 0.3) is 0 Å². The summed E-state index contributed by atoms with van der Waals surface area (Å²) in [7, 11) is 0. The minimum Gasteiger partial charge on any atom is -0.481 e. The molecule has 13 heteroatoms. The summed E-state index contributed by atoms with van der Waals surface area (Å²) in [6.45, 7) is -0.718. The van der Waals surface area contributed by atoms with Gasteiger partial charge in [-0.3, -0.25) is 28.9 Å². The van der Waals surface area contributed by atoms with Crippen LogP contribution in [0.3, 0.4) is 0 Å². The zero-order chi connectivity index (χ0) is 28.5. The molecule has 1 fully saturated rings. The van der Waals surface area contributed by atoms with E-state index in [9.17, 15) is 39.0 Å². The van der Waals surface area contributed by atoms with E-state index in [2.05, 4.69) is 15.7 Å². The maximum Gasteiger partial charge on any atom is 0.330 e. The first-order valence-electron chi connectivity index (χ1n) is 11.8. The third kappa shape index (κ3) is 7.71. The average Bonchev–Trinajstić information content (AvgIpc) is 3.15. The topological polar surface area (TPSA) is 209 Å². The largest absolute Gasteiger partial charge is 0.481 e. The number of carboxylic acids is 2. The molecule has 13 nitrogen and oxygen atoms in total. The van der Waals surface area contributed by atoms with Gasteiger partial charge in [-0.1, -0.05) is 54.6 Å². The van der Waals surface area contributed by atoms with Gasteiger partial charge in [0.05, 0.1) is 18.6 Å². The average molecular weight is 538 g/mol. The number of likely N-dealkylation sites (tertiary alicyclic amines) is 1. The van der Waals surface area contributed by atoms with Crippen molar-refractivity contribution in [2.24, 2.45) is 16.9 Å². The summed E-state index contributed by atoms with van der Waals surface area (Å²) < 4.78 is 0. The van der Waals surface area contributed by atoms with Crippen molar-refractivity contribution in [1.29, 1.82) is 0 Å². The number of amides is 4. The van der Waals surface area contributed by atoms with E-state index in [4.69, 9.17) is 5.84 Å². The van der Waals surface area contributed by atoms with Crippen LogP contribution in [0.25, 0.3) is 0 Å². The Hall–Kier alpha value is -5.07. The number of rotatable bonds is 12. The zero-order valence-corrected chi connectivity index (χ0v) is 20.6. The van der Waals surface area contributed by atoms with Crippen LogP contribution in [0.2, 0.25) is 0 Å². The van der Waals surface area contributed by atoms with E-state index in [1.54, 1.807) is 42.5 Å². The number of nitrogens with one attached hydrogen (secondary N) is 2. The summed E-state index contributed by atoms with van der Waals surface area (Å²) in [6, 6.07) is 11.6. The van der Waals surface area contributed by atoms with Gasteiger partial charge in [0.1, 0.15) is 12.6 Å². The van der Waals surface area contributed by atoms with Crippen LogP contribution in [0, 0.1) is 5.92 Å². The summed E-state index contributed by atoms with van der Waals surface area (Å²) in [4.78, 5) is 74.6. The van der Waals surface area contributed by atoms with Crippen LogP contribution in [0.5, 0.6) is 0 Å². The fraction of sp³-hybridized carbons (Fsp3) is 0.269. The summed E-state index contributed by atoms with van der Waals surface area (Å²) in [5.74, 6) is -1.55. The van der Waals surface area contributed by atoms with Crippen LogP contribution in [-0.4, -0.2) is 69.5 Å². The van der Waals surface area contributed by atoms with Crippen molar-refractivity contribution in [2.75, 3.05) is 6.54 Å². The molecule has 1 unspecified atom stereocenters. The van der Waals surface area contributed by atoms with Crippen LogP contribution < -0.4 is 16.5 Å². The molecule has 0 saturated carbocycles. The van der Waals surface area contributed by atoms with Crippen LogP contribution >= 0.6 is 0 Å².